The van der Waals surface area contributed by atoms with Gasteiger partial charge in [0.1, 0.15) is 4.90 Å². The molecule has 1 heterocycles. The summed E-state index contributed by atoms with van der Waals surface area (Å²) in [6.45, 7) is 0. The van der Waals surface area contributed by atoms with E-state index in [1.165, 1.54) is 18.3 Å². The Balaban J connectivity index is 2.43. The number of anilines is 2. The van der Waals surface area contributed by atoms with E-state index >= 15 is 0 Å². The average molecular weight is 368 g/mol. The van der Waals surface area contributed by atoms with Gasteiger partial charge in [-0.2, -0.15) is 5.26 Å². The summed E-state index contributed by atoms with van der Waals surface area (Å²) in [4.78, 5) is 3.77. The molecular weight excluding hydrogens is 358 g/mol. The number of hydrogen-bond donors (Lipinski definition) is 3. The molecule has 0 spiro atoms. The van der Waals surface area contributed by atoms with Crippen LogP contribution in [0.3, 0.4) is 0 Å². The highest BCUT2D eigenvalue weighted by atomic mass is 79.9. The van der Waals surface area contributed by atoms with Crippen molar-refractivity contribution in [2.24, 2.45) is 5.84 Å². The van der Waals surface area contributed by atoms with E-state index < -0.39 is 10.0 Å². The molecule has 1 aromatic heterocycles. The highest BCUT2D eigenvalue weighted by Crippen LogP contribution is 2.24. The molecule has 7 nitrogen and oxygen atoms in total. The predicted molar refractivity (Wildman–Crippen MR) is 81.7 cm³/mol. The number of nitriles is 1. The highest BCUT2D eigenvalue weighted by Gasteiger charge is 2.20. The Morgan fingerprint density at radius 1 is 1.33 bits per heavy atom. The monoisotopic (exact) mass is 367 g/mol. The van der Waals surface area contributed by atoms with E-state index in [4.69, 9.17) is 11.1 Å². The first-order valence-electron chi connectivity index (χ1n) is 5.61. The van der Waals surface area contributed by atoms with Crippen molar-refractivity contribution in [1.29, 1.82) is 5.26 Å². The van der Waals surface area contributed by atoms with E-state index in [-0.39, 0.29) is 16.4 Å². The number of sulfonamides is 1. The molecule has 4 N–H and O–H groups in total. The lowest BCUT2D eigenvalue weighted by molar-refractivity contribution is 0.601. The molecule has 0 atom stereocenters. The summed E-state index contributed by atoms with van der Waals surface area (Å²) in [5, 5.41) is 8.83. The van der Waals surface area contributed by atoms with Crippen LogP contribution < -0.4 is 16.0 Å². The van der Waals surface area contributed by atoms with Crippen LogP contribution in [0.1, 0.15) is 5.56 Å². The van der Waals surface area contributed by atoms with Crippen molar-refractivity contribution in [3.63, 3.8) is 0 Å². The molecule has 0 fully saturated rings. The van der Waals surface area contributed by atoms with Crippen LogP contribution in [-0.2, 0) is 10.0 Å². The molecule has 0 amide bonds. The SMILES string of the molecule is N#Cc1cccc(NS(=O)(=O)c2cc(Br)cnc2NN)c1. The second-order valence-corrected chi connectivity index (χ2v) is 6.51. The molecule has 0 bridgehead atoms. The average Bonchev–Trinajstić information content (AvgIpc) is 2.47. The number of aromatic nitrogens is 1. The van der Waals surface area contributed by atoms with E-state index in [1.807, 2.05) is 6.07 Å². The van der Waals surface area contributed by atoms with Crippen LogP contribution in [-0.4, -0.2) is 13.4 Å². The lowest BCUT2D eigenvalue weighted by atomic mass is 10.2. The lowest BCUT2D eigenvalue weighted by Gasteiger charge is -2.11. The lowest BCUT2D eigenvalue weighted by Crippen LogP contribution is -2.18. The third-order valence-corrected chi connectivity index (χ3v) is 4.32. The molecule has 2 rings (SSSR count). The predicted octanol–water partition coefficient (Wildman–Crippen LogP) is 1.80. The van der Waals surface area contributed by atoms with E-state index in [0.29, 0.717) is 10.0 Å². The third kappa shape index (κ3) is 3.49. The standard InChI is InChI=1S/C12H10BrN5O2S/c13-9-5-11(12(17-15)16-7-9)21(19,20)18-10-3-1-2-8(4-10)6-14/h1-5,7,18H,15H2,(H,16,17). The van der Waals surface area contributed by atoms with Gasteiger partial charge in [-0.05, 0) is 40.2 Å². The normalized spacial score (nSPS) is 10.7. The quantitative estimate of drug-likeness (QED) is 0.559. The van der Waals surface area contributed by atoms with Gasteiger partial charge >= 0.3 is 0 Å². The van der Waals surface area contributed by atoms with Crippen molar-refractivity contribution in [1.82, 2.24) is 4.98 Å². The Hall–Kier alpha value is -2.15. The number of halogens is 1. The molecule has 0 saturated carbocycles. The maximum Gasteiger partial charge on any atom is 0.265 e. The Bertz CT molecular complexity index is 817. The summed E-state index contributed by atoms with van der Waals surface area (Å²) < 4.78 is 27.6. The van der Waals surface area contributed by atoms with Crippen LogP contribution >= 0.6 is 15.9 Å². The second kappa shape index (κ2) is 6.09. The molecule has 0 aliphatic carbocycles. The minimum absolute atomic E-state index is 0.0159. The fraction of sp³-hybridized carbons (Fsp3) is 0. The number of hydrazine groups is 1. The van der Waals surface area contributed by atoms with E-state index in [2.05, 4.69) is 31.1 Å². The van der Waals surface area contributed by atoms with Gasteiger partial charge in [0.05, 0.1) is 17.3 Å². The summed E-state index contributed by atoms with van der Waals surface area (Å²) in [7, 11) is -3.90. The Labute approximate surface area is 130 Å². The van der Waals surface area contributed by atoms with Crippen molar-refractivity contribution in [3.8, 4) is 6.07 Å². The number of nitrogens with two attached hydrogens (primary N) is 1. The van der Waals surface area contributed by atoms with Crippen molar-refractivity contribution >= 4 is 37.5 Å². The molecule has 0 aliphatic rings. The van der Waals surface area contributed by atoms with Gasteiger partial charge in [0.25, 0.3) is 10.0 Å². The number of rotatable bonds is 4. The van der Waals surface area contributed by atoms with Crippen molar-refractivity contribution in [2.75, 3.05) is 10.1 Å². The number of nitrogens with zero attached hydrogens (tertiary/aromatic N) is 2. The van der Waals surface area contributed by atoms with E-state index in [0.717, 1.165) is 0 Å². The molecular formula is C12H10BrN5O2S. The second-order valence-electron chi connectivity index (χ2n) is 3.94. The Morgan fingerprint density at radius 3 is 2.76 bits per heavy atom. The molecule has 108 valence electrons. The van der Waals surface area contributed by atoms with Gasteiger partial charge in [0, 0.05) is 10.7 Å². The summed E-state index contributed by atoms with van der Waals surface area (Å²) in [6, 6.07) is 9.44. The number of benzene rings is 1. The van der Waals surface area contributed by atoms with Crippen molar-refractivity contribution in [2.45, 2.75) is 4.90 Å². The van der Waals surface area contributed by atoms with Gasteiger partial charge in [-0.15, -0.1) is 0 Å². The smallest absolute Gasteiger partial charge is 0.265 e. The summed E-state index contributed by atoms with van der Waals surface area (Å²) >= 11 is 3.16. The van der Waals surface area contributed by atoms with Gasteiger partial charge in [-0.1, -0.05) is 6.07 Å². The fourth-order valence-electron chi connectivity index (χ4n) is 1.60. The fourth-order valence-corrected chi connectivity index (χ4v) is 3.27. The zero-order chi connectivity index (χ0) is 15.5. The Morgan fingerprint density at radius 2 is 2.10 bits per heavy atom. The van der Waals surface area contributed by atoms with E-state index in [1.54, 1.807) is 18.2 Å². The molecule has 0 unspecified atom stereocenters. The number of nitrogen functional groups attached to an aromatic ring is 1. The number of hydrogen-bond acceptors (Lipinski definition) is 6. The summed E-state index contributed by atoms with van der Waals surface area (Å²) in [5.74, 6) is 5.29. The highest BCUT2D eigenvalue weighted by molar-refractivity contribution is 9.10. The number of pyridine rings is 1. The number of nitrogens with one attached hydrogen (secondary N) is 2. The first-order chi connectivity index (χ1) is 9.96. The Kier molecular flexibility index (Phi) is 4.42. The summed E-state index contributed by atoms with van der Waals surface area (Å²) in [5.41, 5.74) is 2.86. The van der Waals surface area contributed by atoms with Crippen LogP contribution in [0.2, 0.25) is 0 Å². The molecule has 0 saturated heterocycles. The zero-order valence-corrected chi connectivity index (χ0v) is 12.9. The maximum atomic E-state index is 12.4. The molecule has 9 heteroatoms. The first kappa shape index (κ1) is 15.2. The van der Waals surface area contributed by atoms with Gasteiger partial charge in [0.2, 0.25) is 0 Å². The largest absolute Gasteiger partial charge is 0.307 e. The topological polar surface area (TPSA) is 121 Å². The summed E-state index contributed by atoms with van der Waals surface area (Å²) in [6.07, 6.45) is 1.42. The van der Waals surface area contributed by atoms with Crippen LogP contribution in [0.25, 0.3) is 0 Å². The van der Waals surface area contributed by atoms with Gasteiger partial charge < -0.3 is 5.43 Å². The molecule has 0 aliphatic heterocycles. The van der Waals surface area contributed by atoms with Crippen LogP contribution in [0.4, 0.5) is 11.5 Å². The van der Waals surface area contributed by atoms with Gasteiger partial charge in [0.15, 0.2) is 5.82 Å². The van der Waals surface area contributed by atoms with Crippen LogP contribution in [0, 0.1) is 11.3 Å². The van der Waals surface area contributed by atoms with Gasteiger partial charge in [-0.25, -0.2) is 19.2 Å². The zero-order valence-electron chi connectivity index (χ0n) is 10.5. The van der Waals surface area contributed by atoms with Crippen LogP contribution in [0.15, 0.2) is 45.9 Å². The maximum absolute atomic E-state index is 12.4. The van der Waals surface area contributed by atoms with Crippen LogP contribution in [0.5, 0.6) is 0 Å². The molecule has 1 aromatic carbocycles. The minimum atomic E-state index is -3.90. The first-order valence-corrected chi connectivity index (χ1v) is 7.89. The van der Waals surface area contributed by atoms with Crippen molar-refractivity contribution in [3.05, 3.63) is 46.6 Å². The molecule has 2 aromatic rings. The van der Waals surface area contributed by atoms with E-state index in [9.17, 15) is 8.42 Å². The van der Waals surface area contributed by atoms with Gasteiger partial charge in [-0.3, -0.25) is 4.72 Å². The van der Waals surface area contributed by atoms with Crippen molar-refractivity contribution < 1.29 is 8.42 Å². The third-order valence-electron chi connectivity index (χ3n) is 2.49. The molecule has 21 heavy (non-hydrogen) atoms. The minimum Gasteiger partial charge on any atom is -0.307 e. The molecule has 0 radical (unpaired) electrons.